The lowest BCUT2D eigenvalue weighted by molar-refractivity contribution is -0.166. The summed E-state index contributed by atoms with van der Waals surface area (Å²) in [5.74, 6) is -0.376. The Kier molecular flexibility index (Phi) is 8.89. The summed E-state index contributed by atoms with van der Waals surface area (Å²) in [5, 5.41) is 2.64. The predicted molar refractivity (Wildman–Crippen MR) is 136 cm³/mol. The Morgan fingerprint density at radius 3 is 1.94 bits per heavy atom. The molecule has 0 spiro atoms. The number of benzene rings is 2. The first-order valence-corrected chi connectivity index (χ1v) is 14.0. The lowest BCUT2D eigenvalue weighted by Crippen LogP contribution is -2.66. The van der Waals surface area contributed by atoms with Gasteiger partial charge in [0.05, 0.1) is 19.8 Å². The number of hydrogen-bond acceptors (Lipinski definition) is 3. The van der Waals surface area contributed by atoms with E-state index in [9.17, 15) is 0 Å². The molecule has 3 nitrogen and oxygen atoms in total. The second kappa shape index (κ2) is 11.4. The van der Waals surface area contributed by atoms with Gasteiger partial charge in [-0.15, -0.1) is 0 Å². The molecule has 0 aliphatic carbocycles. The van der Waals surface area contributed by atoms with Crippen LogP contribution in [0.25, 0.3) is 0 Å². The molecule has 3 rings (SSSR count). The van der Waals surface area contributed by atoms with E-state index in [-0.39, 0.29) is 10.8 Å². The largest absolute Gasteiger partial charge is 0.404 e. The highest BCUT2D eigenvalue weighted by molar-refractivity contribution is 6.99. The number of allylic oxidation sites excluding steroid dienone is 1. The fraction of sp³-hybridized carbons (Fsp3) is 0.500. The zero-order chi connectivity index (χ0) is 22.9. The molecule has 4 heteroatoms. The second-order valence-electron chi connectivity index (χ2n) is 9.70. The summed E-state index contributed by atoms with van der Waals surface area (Å²) < 4.78 is 18.9. The van der Waals surface area contributed by atoms with E-state index in [4.69, 9.17) is 13.9 Å². The molecule has 1 heterocycles. The van der Waals surface area contributed by atoms with E-state index in [1.807, 2.05) is 0 Å². The van der Waals surface area contributed by atoms with E-state index in [0.29, 0.717) is 19.8 Å². The first kappa shape index (κ1) is 24.9. The summed E-state index contributed by atoms with van der Waals surface area (Å²) >= 11 is 0. The predicted octanol–water partition coefficient (Wildman–Crippen LogP) is 5.83. The molecule has 0 atom stereocenters. The average molecular weight is 453 g/mol. The van der Waals surface area contributed by atoms with Crippen LogP contribution in [0.4, 0.5) is 0 Å². The molecule has 0 N–H and O–H groups in total. The van der Waals surface area contributed by atoms with Crippen molar-refractivity contribution in [2.45, 2.75) is 70.6 Å². The molecule has 174 valence electrons. The summed E-state index contributed by atoms with van der Waals surface area (Å²) in [5.41, 5.74) is 0. The summed E-state index contributed by atoms with van der Waals surface area (Å²) in [7, 11) is -2.47. The van der Waals surface area contributed by atoms with Crippen LogP contribution in [0.15, 0.2) is 72.8 Å². The smallest absolute Gasteiger partial charge is 0.261 e. The minimum Gasteiger partial charge on any atom is -0.404 e. The Morgan fingerprint density at radius 1 is 0.875 bits per heavy atom. The summed E-state index contributed by atoms with van der Waals surface area (Å²) in [6.07, 6.45) is 9.54. The van der Waals surface area contributed by atoms with Crippen molar-refractivity contribution in [2.24, 2.45) is 0 Å². The molecule has 0 bridgehead atoms. The van der Waals surface area contributed by atoms with Crippen molar-refractivity contribution < 1.29 is 13.9 Å². The summed E-state index contributed by atoms with van der Waals surface area (Å²) in [4.78, 5) is 0. The van der Waals surface area contributed by atoms with Crippen molar-refractivity contribution in [1.29, 1.82) is 0 Å². The van der Waals surface area contributed by atoms with Crippen LogP contribution >= 0.6 is 0 Å². The molecule has 2 aromatic rings. The maximum atomic E-state index is 6.92. The van der Waals surface area contributed by atoms with Crippen molar-refractivity contribution in [3.63, 3.8) is 0 Å². The molecule has 32 heavy (non-hydrogen) atoms. The molecular formula is C28H40O3Si. The van der Waals surface area contributed by atoms with Gasteiger partial charge in [0, 0.05) is 12.8 Å². The van der Waals surface area contributed by atoms with Crippen LogP contribution in [0.1, 0.15) is 59.8 Å². The highest BCUT2D eigenvalue weighted by Crippen LogP contribution is 2.36. The Labute approximate surface area is 195 Å². The standard InChI is InChI=1S/C28H40O3Si/c1-5-6-20-28(29-23-24-30-28)21-14-9-15-22-31-32(27(2,3)4,25-16-10-7-11-17-25)26-18-12-8-13-19-26/h7-13,15-19H,5-6,14,20-24H2,1-4H3/b15-9+. The van der Waals surface area contributed by atoms with E-state index in [0.717, 1.165) is 32.1 Å². The third-order valence-electron chi connectivity index (χ3n) is 6.40. The monoisotopic (exact) mass is 452 g/mol. The lowest BCUT2D eigenvalue weighted by atomic mass is 10.0. The third-order valence-corrected chi connectivity index (χ3v) is 11.4. The van der Waals surface area contributed by atoms with Crippen molar-refractivity contribution in [3.05, 3.63) is 72.8 Å². The maximum absolute atomic E-state index is 6.92. The molecule has 1 aliphatic rings. The summed E-state index contributed by atoms with van der Waals surface area (Å²) in [6, 6.07) is 21.6. The molecule has 0 unspecified atom stereocenters. The van der Waals surface area contributed by atoms with Crippen molar-refractivity contribution in [3.8, 4) is 0 Å². The van der Waals surface area contributed by atoms with Gasteiger partial charge in [-0.1, -0.05) is 107 Å². The molecule has 0 saturated carbocycles. The molecule has 1 aliphatic heterocycles. The van der Waals surface area contributed by atoms with Gasteiger partial charge in [-0.3, -0.25) is 0 Å². The Bertz CT molecular complexity index is 781. The molecule has 0 amide bonds. The van der Waals surface area contributed by atoms with Gasteiger partial charge in [0.15, 0.2) is 5.79 Å². The van der Waals surface area contributed by atoms with E-state index in [1.54, 1.807) is 0 Å². The van der Waals surface area contributed by atoms with E-state index in [1.165, 1.54) is 10.4 Å². The van der Waals surface area contributed by atoms with Crippen LogP contribution < -0.4 is 10.4 Å². The van der Waals surface area contributed by atoms with Crippen LogP contribution in [-0.4, -0.2) is 33.9 Å². The fourth-order valence-electron chi connectivity index (χ4n) is 4.78. The molecule has 1 fully saturated rings. The number of rotatable bonds is 11. The van der Waals surface area contributed by atoms with Crippen molar-refractivity contribution in [2.75, 3.05) is 19.8 Å². The number of unbranched alkanes of at least 4 members (excludes halogenated alkanes) is 1. The second-order valence-corrected chi connectivity index (χ2v) is 14.0. The van der Waals surface area contributed by atoms with Crippen molar-refractivity contribution in [1.82, 2.24) is 0 Å². The zero-order valence-corrected chi connectivity index (χ0v) is 21.3. The minimum absolute atomic E-state index is 0.000709. The van der Waals surface area contributed by atoms with Gasteiger partial charge >= 0.3 is 0 Å². The topological polar surface area (TPSA) is 27.7 Å². The Morgan fingerprint density at radius 2 is 1.44 bits per heavy atom. The molecule has 0 radical (unpaired) electrons. The van der Waals surface area contributed by atoms with E-state index >= 15 is 0 Å². The van der Waals surface area contributed by atoms with Crippen LogP contribution in [-0.2, 0) is 13.9 Å². The normalized spacial score (nSPS) is 16.6. The third kappa shape index (κ3) is 5.79. The van der Waals surface area contributed by atoms with Crippen LogP contribution in [0.2, 0.25) is 5.04 Å². The molecular weight excluding hydrogens is 412 g/mol. The Balaban J connectivity index is 1.72. The van der Waals surface area contributed by atoms with Crippen LogP contribution in [0.5, 0.6) is 0 Å². The zero-order valence-electron chi connectivity index (χ0n) is 20.3. The van der Waals surface area contributed by atoms with Gasteiger partial charge in [-0.2, -0.15) is 0 Å². The van der Waals surface area contributed by atoms with Crippen LogP contribution in [0, 0.1) is 0 Å². The summed E-state index contributed by atoms with van der Waals surface area (Å²) in [6.45, 7) is 11.2. The molecule has 2 aromatic carbocycles. The van der Waals surface area contributed by atoms with Gasteiger partial charge in [-0.25, -0.2) is 0 Å². The van der Waals surface area contributed by atoms with Gasteiger partial charge in [-0.05, 0) is 28.3 Å². The van der Waals surface area contributed by atoms with Crippen molar-refractivity contribution >= 4 is 18.7 Å². The van der Waals surface area contributed by atoms with Gasteiger partial charge in [0.2, 0.25) is 0 Å². The first-order valence-electron chi connectivity index (χ1n) is 12.1. The lowest BCUT2D eigenvalue weighted by Gasteiger charge is -2.42. The molecule has 0 aromatic heterocycles. The molecule has 1 saturated heterocycles. The van der Waals surface area contributed by atoms with Crippen LogP contribution in [0.3, 0.4) is 0 Å². The highest BCUT2D eigenvalue weighted by Gasteiger charge is 2.49. The Hall–Kier alpha value is -1.72. The van der Waals surface area contributed by atoms with E-state index < -0.39 is 8.32 Å². The quantitative estimate of drug-likeness (QED) is 0.317. The highest BCUT2D eigenvalue weighted by atomic mass is 28.4. The van der Waals surface area contributed by atoms with E-state index in [2.05, 4.69) is 101 Å². The SMILES string of the molecule is CCCCC1(CC/C=C/CO[Si](c2ccccc2)(c2ccccc2)C(C)(C)C)OCCO1. The maximum Gasteiger partial charge on any atom is 0.261 e. The van der Waals surface area contributed by atoms with Gasteiger partial charge in [0.25, 0.3) is 8.32 Å². The first-order chi connectivity index (χ1) is 15.4. The minimum atomic E-state index is -2.47. The average Bonchev–Trinajstić information content (AvgIpc) is 3.27. The fourth-order valence-corrected chi connectivity index (χ4v) is 9.28. The number of ether oxygens (including phenoxy) is 2. The van der Waals surface area contributed by atoms with Gasteiger partial charge < -0.3 is 13.9 Å². The van der Waals surface area contributed by atoms with Gasteiger partial charge in [0.1, 0.15) is 0 Å². The number of hydrogen-bond donors (Lipinski definition) is 0.